The molecule has 0 saturated heterocycles. The van der Waals surface area contributed by atoms with E-state index in [-0.39, 0.29) is 0 Å². The van der Waals surface area contributed by atoms with Crippen molar-refractivity contribution < 1.29 is 4.74 Å². The molecular weight excluding hydrogens is 222 g/mol. The molecule has 88 valence electrons. The Balaban J connectivity index is 2.21. The van der Waals surface area contributed by atoms with E-state index in [0.717, 1.165) is 16.9 Å². The Morgan fingerprint density at radius 3 is 2.33 bits per heavy atom. The third kappa shape index (κ3) is 2.99. The lowest BCUT2D eigenvalue weighted by Gasteiger charge is -2.00. The summed E-state index contributed by atoms with van der Waals surface area (Å²) in [4.78, 5) is 0. The number of nitriles is 1. The van der Waals surface area contributed by atoms with E-state index in [9.17, 15) is 0 Å². The molecule has 0 aliphatic rings. The lowest BCUT2D eigenvalue weighted by molar-refractivity contribution is 0.414. The summed E-state index contributed by atoms with van der Waals surface area (Å²) in [5.74, 6) is 0.836. The maximum absolute atomic E-state index is 8.82. The van der Waals surface area contributed by atoms with Gasteiger partial charge in [-0.15, -0.1) is 0 Å². The number of rotatable bonds is 3. The average Bonchev–Trinajstić information content (AvgIpc) is 2.45. The van der Waals surface area contributed by atoms with Gasteiger partial charge in [0.25, 0.3) is 0 Å². The zero-order valence-corrected chi connectivity index (χ0v) is 10.1. The fourth-order valence-electron chi connectivity index (χ4n) is 1.65. The van der Waals surface area contributed by atoms with Gasteiger partial charge in [-0.2, -0.15) is 5.26 Å². The summed E-state index contributed by atoms with van der Waals surface area (Å²) in [6, 6.07) is 17.5. The van der Waals surface area contributed by atoms with Crippen molar-refractivity contribution in [2.45, 2.75) is 0 Å². The number of hydrogen-bond acceptors (Lipinski definition) is 2. The van der Waals surface area contributed by atoms with Gasteiger partial charge in [-0.05, 0) is 35.4 Å². The maximum Gasteiger partial charge on any atom is 0.119 e. The van der Waals surface area contributed by atoms with Crippen LogP contribution < -0.4 is 4.74 Å². The van der Waals surface area contributed by atoms with Gasteiger partial charge < -0.3 is 4.74 Å². The summed E-state index contributed by atoms with van der Waals surface area (Å²) in [6.07, 6.45) is 3.98. The molecular formula is C16H13NO. The van der Waals surface area contributed by atoms with Crippen LogP contribution in [0.5, 0.6) is 5.75 Å². The van der Waals surface area contributed by atoms with E-state index in [2.05, 4.69) is 6.07 Å². The van der Waals surface area contributed by atoms with Gasteiger partial charge >= 0.3 is 0 Å². The Bertz CT molecular complexity index is 608. The molecule has 0 aliphatic heterocycles. The van der Waals surface area contributed by atoms with Crippen molar-refractivity contribution in [3.63, 3.8) is 0 Å². The fraction of sp³-hybridized carbons (Fsp3) is 0.0625. The van der Waals surface area contributed by atoms with Crippen molar-refractivity contribution in [1.29, 1.82) is 5.26 Å². The van der Waals surface area contributed by atoms with Crippen LogP contribution in [-0.4, -0.2) is 7.11 Å². The first-order valence-electron chi connectivity index (χ1n) is 5.64. The minimum absolute atomic E-state index is 0.669. The van der Waals surface area contributed by atoms with Crippen molar-refractivity contribution in [3.8, 4) is 11.8 Å². The molecule has 18 heavy (non-hydrogen) atoms. The van der Waals surface area contributed by atoms with Gasteiger partial charge in [0, 0.05) is 0 Å². The maximum atomic E-state index is 8.82. The van der Waals surface area contributed by atoms with Crippen molar-refractivity contribution in [3.05, 3.63) is 65.2 Å². The minimum Gasteiger partial charge on any atom is -0.497 e. The first-order chi connectivity index (χ1) is 8.81. The second kappa shape index (κ2) is 5.70. The molecule has 0 atom stereocenters. The van der Waals surface area contributed by atoms with Crippen LogP contribution in [-0.2, 0) is 0 Å². The van der Waals surface area contributed by atoms with Gasteiger partial charge in [-0.1, -0.05) is 36.4 Å². The van der Waals surface area contributed by atoms with Crippen LogP contribution in [0.3, 0.4) is 0 Å². The summed E-state index contributed by atoms with van der Waals surface area (Å²) >= 11 is 0. The molecule has 2 aromatic rings. The van der Waals surface area contributed by atoms with Crippen LogP contribution >= 0.6 is 0 Å². The van der Waals surface area contributed by atoms with Crippen LogP contribution in [0.25, 0.3) is 12.2 Å². The Labute approximate surface area is 107 Å². The molecule has 0 aromatic heterocycles. The molecule has 2 aromatic carbocycles. The molecule has 0 bridgehead atoms. The SMILES string of the molecule is COc1cccc(/C=C/c2cccc(C#N)c2)c1. The highest BCUT2D eigenvalue weighted by molar-refractivity contribution is 5.70. The highest BCUT2D eigenvalue weighted by Gasteiger charge is 1.93. The normalized spacial score (nSPS) is 10.2. The van der Waals surface area contributed by atoms with Gasteiger partial charge in [-0.3, -0.25) is 0 Å². The van der Waals surface area contributed by atoms with Crippen LogP contribution in [0.1, 0.15) is 16.7 Å². The van der Waals surface area contributed by atoms with Crippen molar-refractivity contribution >= 4 is 12.2 Å². The number of methoxy groups -OCH3 is 1. The van der Waals surface area contributed by atoms with Gasteiger partial charge in [0.05, 0.1) is 18.7 Å². The van der Waals surface area contributed by atoms with Crippen LogP contribution in [0.4, 0.5) is 0 Å². The number of hydrogen-bond donors (Lipinski definition) is 0. The van der Waals surface area contributed by atoms with Crippen molar-refractivity contribution in [2.24, 2.45) is 0 Å². The molecule has 2 nitrogen and oxygen atoms in total. The quantitative estimate of drug-likeness (QED) is 0.759. The Morgan fingerprint density at radius 2 is 1.67 bits per heavy atom. The third-order valence-electron chi connectivity index (χ3n) is 2.58. The molecule has 0 amide bonds. The molecule has 0 saturated carbocycles. The number of benzene rings is 2. The van der Waals surface area contributed by atoms with Gasteiger partial charge in [-0.25, -0.2) is 0 Å². The molecule has 0 heterocycles. The van der Waals surface area contributed by atoms with Gasteiger partial charge in [0.2, 0.25) is 0 Å². The first kappa shape index (κ1) is 11.9. The second-order valence-corrected chi connectivity index (χ2v) is 3.85. The lowest BCUT2D eigenvalue weighted by Crippen LogP contribution is -1.82. The average molecular weight is 235 g/mol. The van der Waals surface area contributed by atoms with Crippen LogP contribution in [0, 0.1) is 11.3 Å². The van der Waals surface area contributed by atoms with E-state index in [1.165, 1.54) is 0 Å². The predicted octanol–water partition coefficient (Wildman–Crippen LogP) is 3.74. The Hall–Kier alpha value is -2.53. The van der Waals surface area contributed by atoms with Gasteiger partial charge in [0.15, 0.2) is 0 Å². The summed E-state index contributed by atoms with van der Waals surface area (Å²) < 4.78 is 5.17. The molecule has 0 N–H and O–H groups in total. The Kier molecular flexibility index (Phi) is 3.78. The molecule has 0 unspecified atom stereocenters. The summed E-state index contributed by atoms with van der Waals surface area (Å²) in [6.45, 7) is 0. The standard InChI is InChI=1S/C16H13NO/c1-18-16-7-3-5-14(11-16)9-8-13-4-2-6-15(10-13)12-17/h2-11H,1H3/b9-8+. The van der Waals surface area contributed by atoms with E-state index in [4.69, 9.17) is 10.00 Å². The molecule has 2 heteroatoms. The van der Waals surface area contributed by atoms with Crippen molar-refractivity contribution in [2.75, 3.05) is 7.11 Å². The highest BCUT2D eigenvalue weighted by Crippen LogP contribution is 2.15. The van der Waals surface area contributed by atoms with Crippen molar-refractivity contribution in [1.82, 2.24) is 0 Å². The van der Waals surface area contributed by atoms with Crippen LogP contribution in [0.15, 0.2) is 48.5 Å². The van der Waals surface area contributed by atoms with E-state index < -0.39 is 0 Å². The fourth-order valence-corrected chi connectivity index (χ4v) is 1.65. The molecule has 0 spiro atoms. The molecule has 0 radical (unpaired) electrons. The highest BCUT2D eigenvalue weighted by atomic mass is 16.5. The molecule has 2 rings (SSSR count). The molecule has 0 aliphatic carbocycles. The summed E-state index contributed by atoms with van der Waals surface area (Å²) in [5.41, 5.74) is 2.75. The molecule has 0 fully saturated rings. The summed E-state index contributed by atoms with van der Waals surface area (Å²) in [5, 5.41) is 8.82. The first-order valence-corrected chi connectivity index (χ1v) is 5.64. The van der Waals surface area contributed by atoms with E-state index >= 15 is 0 Å². The van der Waals surface area contributed by atoms with E-state index in [1.807, 2.05) is 54.6 Å². The topological polar surface area (TPSA) is 33.0 Å². The monoisotopic (exact) mass is 235 g/mol. The van der Waals surface area contributed by atoms with Gasteiger partial charge in [0.1, 0.15) is 5.75 Å². The third-order valence-corrected chi connectivity index (χ3v) is 2.58. The minimum atomic E-state index is 0.669. The zero-order valence-electron chi connectivity index (χ0n) is 10.1. The van der Waals surface area contributed by atoms with E-state index in [1.54, 1.807) is 13.2 Å². The van der Waals surface area contributed by atoms with E-state index in [0.29, 0.717) is 5.56 Å². The number of ether oxygens (including phenoxy) is 1. The van der Waals surface area contributed by atoms with Crippen LogP contribution in [0.2, 0.25) is 0 Å². The summed E-state index contributed by atoms with van der Waals surface area (Å²) in [7, 11) is 1.65. The predicted molar refractivity (Wildman–Crippen MR) is 73.1 cm³/mol. The largest absolute Gasteiger partial charge is 0.497 e. The lowest BCUT2D eigenvalue weighted by atomic mass is 10.1. The second-order valence-electron chi connectivity index (χ2n) is 3.85. The smallest absolute Gasteiger partial charge is 0.119 e. The number of nitrogens with zero attached hydrogens (tertiary/aromatic N) is 1. The Morgan fingerprint density at radius 1 is 1.00 bits per heavy atom. The zero-order chi connectivity index (χ0) is 12.8.